The Balaban J connectivity index is 1.84. The van der Waals surface area contributed by atoms with E-state index in [1.165, 1.54) is 10.7 Å². The van der Waals surface area contributed by atoms with Crippen LogP contribution in [0.3, 0.4) is 0 Å². The number of carbonyl (C=O) groups is 1. The van der Waals surface area contributed by atoms with E-state index in [1.807, 2.05) is 26.8 Å². The number of benzene rings is 1. The molecule has 1 aromatic heterocycles. The molecule has 2 unspecified atom stereocenters. The number of hydrogen-bond donors (Lipinski definition) is 1. The molecule has 0 radical (unpaired) electrons. The summed E-state index contributed by atoms with van der Waals surface area (Å²) < 4.78 is 16.0. The van der Waals surface area contributed by atoms with E-state index < -0.39 is 11.9 Å². The molecule has 24 heavy (non-hydrogen) atoms. The molecule has 0 aliphatic carbocycles. The van der Waals surface area contributed by atoms with Gasteiger partial charge in [-0.3, -0.25) is 4.79 Å². The van der Waals surface area contributed by atoms with Gasteiger partial charge in [-0.15, -0.1) is 0 Å². The molecule has 1 N–H and O–H groups in total. The molecule has 1 aliphatic heterocycles. The highest BCUT2D eigenvalue weighted by Crippen LogP contribution is 2.21. The number of rotatable bonds is 2. The first-order chi connectivity index (χ1) is 11.4. The zero-order chi connectivity index (χ0) is 17.4. The van der Waals surface area contributed by atoms with Crippen molar-refractivity contribution in [1.82, 2.24) is 14.7 Å². The standard InChI is InChI=1S/C18H22FN3O2/c1-11-6-7-21(10-17(11)23)18(24)14-4-5-16(15(19)9-14)22-13(3)8-12(2)20-22/h4-5,8-9,11,17,23H,6-7,10H2,1-3H3. The third kappa shape index (κ3) is 3.06. The fraction of sp³-hybridized carbons (Fsp3) is 0.444. The van der Waals surface area contributed by atoms with E-state index in [4.69, 9.17) is 0 Å². The van der Waals surface area contributed by atoms with E-state index in [0.717, 1.165) is 17.8 Å². The number of likely N-dealkylation sites (tertiary alicyclic amines) is 1. The molecule has 1 fully saturated rings. The van der Waals surface area contributed by atoms with Crippen LogP contribution in [0.15, 0.2) is 24.3 Å². The van der Waals surface area contributed by atoms with Gasteiger partial charge in [-0.1, -0.05) is 6.92 Å². The van der Waals surface area contributed by atoms with Gasteiger partial charge in [0.2, 0.25) is 0 Å². The number of aliphatic hydroxyl groups excluding tert-OH is 1. The third-order valence-corrected chi connectivity index (χ3v) is 4.64. The van der Waals surface area contributed by atoms with Crippen LogP contribution < -0.4 is 0 Å². The number of aryl methyl sites for hydroxylation is 2. The minimum Gasteiger partial charge on any atom is -0.391 e. The molecule has 6 heteroatoms. The monoisotopic (exact) mass is 331 g/mol. The van der Waals surface area contributed by atoms with Crippen molar-refractivity contribution in [3.05, 3.63) is 47.0 Å². The molecule has 0 spiro atoms. The summed E-state index contributed by atoms with van der Waals surface area (Å²) in [6.45, 7) is 6.55. The third-order valence-electron chi connectivity index (χ3n) is 4.64. The molecular weight excluding hydrogens is 309 g/mol. The lowest BCUT2D eigenvalue weighted by Crippen LogP contribution is -2.45. The zero-order valence-corrected chi connectivity index (χ0v) is 14.2. The molecule has 3 rings (SSSR count). The van der Waals surface area contributed by atoms with Crippen LogP contribution >= 0.6 is 0 Å². The van der Waals surface area contributed by atoms with Crippen molar-refractivity contribution >= 4 is 5.91 Å². The summed E-state index contributed by atoms with van der Waals surface area (Å²) >= 11 is 0. The number of carbonyl (C=O) groups excluding carboxylic acids is 1. The molecule has 128 valence electrons. The van der Waals surface area contributed by atoms with Gasteiger partial charge >= 0.3 is 0 Å². The normalized spacial score (nSPS) is 21.1. The van der Waals surface area contributed by atoms with Crippen LogP contribution in [0.5, 0.6) is 0 Å². The molecule has 0 saturated carbocycles. The maximum Gasteiger partial charge on any atom is 0.254 e. The lowest BCUT2D eigenvalue weighted by molar-refractivity contribution is 0.0248. The van der Waals surface area contributed by atoms with E-state index in [2.05, 4.69) is 5.10 Å². The largest absolute Gasteiger partial charge is 0.391 e. The van der Waals surface area contributed by atoms with E-state index in [-0.39, 0.29) is 11.8 Å². The van der Waals surface area contributed by atoms with Gasteiger partial charge in [-0.05, 0) is 50.5 Å². The van der Waals surface area contributed by atoms with E-state index in [1.54, 1.807) is 17.0 Å². The molecule has 2 aromatic rings. The first-order valence-corrected chi connectivity index (χ1v) is 8.17. The predicted octanol–water partition coefficient (Wildman–Crippen LogP) is 2.47. The van der Waals surface area contributed by atoms with Gasteiger partial charge in [0.25, 0.3) is 5.91 Å². The number of aromatic nitrogens is 2. The number of nitrogens with zero attached hydrogens (tertiary/aromatic N) is 3. The Morgan fingerprint density at radius 2 is 2.08 bits per heavy atom. The maximum absolute atomic E-state index is 14.5. The molecule has 1 amide bonds. The summed E-state index contributed by atoms with van der Waals surface area (Å²) in [6, 6.07) is 6.31. The van der Waals surface area contributed by atoms with Crippen LogP contribution in [0.25, 0.3) is 5.69 Å². The van der Waals surface area contributed by atoms with Gasteiger partial charge in [0.05, 0.1) is 11.8 Å². The van der Waals surface area contributed by atoms with E-state index in [9.17, 15) is 14.3 Å². The Morgan fingerprint density at radius 1 is 1.33 bits per heavy atom. The summed E-state index contributed by atoms with van der Waals surface area (Å²) in [5.41, 5.74) is 2.26. The Bertz CT molecular complexity index is 772. The van der Waals surface area contributed by atoms with Crippen molar-refractivity contribution < 1.29 is 14.3 Å². The van der Waals surface area contributed by atoms with Crippen LogP contribution in [0.2, 0.25) is 0 Å². The quantitative estimate of drug-likeness (QED) is 0.920. The number of β-amino-alcohol motifs (C(OH)–C–C–N with tert-alkyl or cyclic N) is 1. The molecular formula is C18H22FN3O2. The average molecular weight is 331 g/mol. The van der Waals surface area contributed by atoms with Crippen LogP contribution in [0, 0.1) is 25.6 Å². The molecule has 0 bridgehead atoms. The fourth-order valence-corrected chi connectivity index (χ4v) is 3.10. The van der Waals surface area contributed by atoms with Crippen molar-refractivity contribution in [2.75, 3.05) is 13.1 Å². The predicted molar refractivity (Wildman–Crippen MR) is 88.7 cm³/mol. The summed E-state index contributed by atoms with van der Waals surface area (Å²) in [6.07, 6.45) is 0.223. The van der Waals surface area contributed by atoms with Gasteiger partial charge in [0.1, 0.15) is 11.5 Å². The smallest absolute Gasteiger partial charge is 0.254 e. The molecule has 2 heterocycles. The Labute approximate surface area is 140 Å². The Hall–Kier alpha value is -2.21. The van der Waals surface area contributed by atoms with Gasteiger partial charge in [-0.2, -0.15) is 5.10 Å². The van der Waals surface area contributed by atoms with E-state index in [0.29, 0.717) is 24.3 Å². The number of piperidine rings is 1. The highest BCUT2D eigenvalue weighted by molar-refractivity contribution is 5.94. The van der Waals surface area contributed by atoms with Crippen LogP contribution in [-0.4, -0.2) is 44.9 Å². The van der Waals surface area contributed by atoms with Crippen LogP contribution in [-0.2, 0) is 0 Å². The Morgan fingerprint density at radius 3 is 2.67 bits per heavy atom. The minimum absolute atomic E-state index is 0.180. The van der Waals surface area contributed by atoms with Gasteiger partial charge < -0.3 is 10.0 Å². The first kappa shape index (κ1) is 16.6. The van der Waals surface area contributed by atoms with Crippen molar-refractivity contribution in [2.45, 2.75) is 33.3 Å². The number of hydrogen-bond acceptors (Lipinski definition) is 3. The summed E-state index contributed by atoms with van der Waals surface area (Å²) in [5.74, 6) is -0.558. The topological polar surface area (TPSA) is 58.4 Å². The molecule has 5 nitrogen and oxygen atoms in total. The fourth-order valence-electron chi connectivity index (χ4n) is 3.10. The van der Waals surface area contributed by atoms with Crippen LogP contribution in [0.1, 0.15) is 35.1 Å². The molecule has 2 atom stereocenters. The van der Waals surface area contributed by atoms with Crippen LogP contribution in [0.4, 0.5) is 4.39 Å². The van der Waals surface area contributed by atoms with Gasteiger partial charge in [-0.25, -0.2) is 9.07 Å². The average Bonchev–Trinajstić information content (AvgIpc) is 2.87. The van der Waals surface area contributed by atoms with Crippen molar-refractivity contribution in [2.24, 2.45) is 5.92 Å². The van der Waals surface area contributed by atoms with Crippen molar-refractivity contribution in [1.29, 1.82) is 0 Å². The second-order valence-corrected chi connectivity index (χ2v) is 6.59. The second kappa shape index (κ2) is 6.36. The molecule has 1 aromatic carbocycles. The molecule has 1 saturated heterocycles. The highest BCUT2D eigenvalue weighted by Gasteiger charge is 2.28. The van der Waals surface area contributed by atoms with E-state index >= 15 is 0 Å². The number of aliphatic hydroxyl groups is 1. The van der Waals surface area contributed by atoms with Crippen molar-refractivity contribution in [3.8, 4) is 5.69 Å². The summed E-state index contributed by atoms with van der Waals surface area (Å²) in [5, 5.41) is 14.2. The zero-order valence-electron chi connectivity index (χ0n) is 14.2. The summed E-state index contributed by atoms with van der Waals surface area (Å²) in [7, 11) is 0. The minimum atomic E-state index is -0.526. The second-order valence-electron chi connectivity index (χ2n) is 6.59. The Kier molecular flexibility index (Phi) is 4.41. The van der Waals surface area contributed by atoms with Crippen molar-refractivity contribution in [3.63, 3.8) is 0 Å². The first-order valence-electron chi connectivity index (χ1n) is 8.17. The van der Waals surface area contributed by atoms with Gasteiger partial charge in [0.15, 0.2) is 0 Å². The molecule has 1 aliphatic rings. The van der Waals surface area contributed by atoms with Gasteiger partial charge in [0, 0.05) is 24.3 Å². The SMILES string of the molecule is Cc1cc(C)n(-c2ccc(C(=O)N3CCC(C)C(O)C3)cc2F)n1. The lowest BCUT2D eigenvalue weighted by Gasteiger charge is -2.34. The number of amides is 1. The lowest BCUT2D eigenvalue weighted by atomic mass is 9.95. The highest BCUT2D eigenvalue weighted by atomic mass is 19.1. The summed E-state index contributed by atoms with van der Waals surface area (Å²) in [4.78, 5) is 14.1. The number of halogens is 1. The maximum atomic E-state index is 14.5.